The number of hydrogen-bond donors (Lipinski definition) is 2. The number of benzene rings is 2. The van der Waals surface area contributed by atoms with Gasteiger partial charge in [0.15, 0.2) is 5.82 Å². The van der Waals surface area contributed by atoms with Crippen molar-refractivity contribution in [3.8, 4) is 5.75 Å². The average molecular weight is 429 g/mol. The number of nitrogens with zero attached hydrogens (tertiary/aromatic N) is 1. The van der Waals surface area contributed by atoms with E-state index in [4.69, 9.17) is 9.26 Å². The Morgan fingerprint density at radius 2 is 1.83 bits per heavy atom. The maximum atomic E-state index is 12.7. The summed E-state index contributed by atoms with van der Waals surface area (Å²) in [4.78, 5) is 12.7. The summed E-state index contributed by atoms with van der Waals surface area (Å²) < 4.78 is 37.8. The Labute approximate surface area is 175 Å². The fourth-order valence-corrected chi connectivity index (χ4v) is 3.55. The van der Waals surface area contributed by atoms with Crippen molar-refractivity contribution < 1.29 is 22.5 Å². The normalized spacial score (nSPS) is 11.3. The molecule has 2 N–H and O–H groups in total. The molecule has 0 atom stereocenters. The van der Waals surface area contributed by atoms with Gasteiger partial charge in [-0.05, 0) is 49.2 Å². The van der Waals surface area contributed by atoms with Gasteiger partial charge in [0.05, 0.1) is 17.1 Å². The minimum atomic E-state index is -3.82. The first kappa shape index (κ1) is 21.4. The van der Waals surface area contributed by atoms with Gasteiger partial charge in [-0.25, -0.2) is 8.42 Å². The van der Waals surface area contributed by atoms with E-state index in [9.17, 15) is 13.2 Å². The van der Waals surface area contributed by atoms with E-state index in [1.165, 1.54) is 30.3 Å². The highest BCUT2D eigenvalue weighted by molar-refractivity contribution is 7.92. The number of rotatable bonds is 8. The highest BCUT2D eigenvalue weighted by Gasteiger charge is 2.17. The summed E-state index contributed by atoms with van der Waals surface area (Å²) in [5.74, 6) is 1.06. The Hall–Kier alpha value is -3.33. The van der Waals surface area contributed by atoms with Gasteiger partial charge < -0.3 is 14.6 Å². The van der Waals surface area contributed by atoms with Crippen LogP contribution in [0.1, 0.15) is 30.0 Å². The van der Waals surface area contributed by atoms with Crippen molar-refractivity contribution in [2.75, 3.05) is 16.6 Å². The molecule has 0 unspecified atom stereocenters. The van der Waals surface area contributed by atoms with Gasteiger partial charge in [0, 0.05) is 11.8 Å². The van der Waals surface area contributed by atoms with E-state index in [0.29, 0.717) is 35.3 Å². The molecule has 1 aromatic heterocycles. The zero-order chi connectivity index (χ0) is 21.7. The van der Waals surface area contributed by atoms with Crippen molar-refractivity contribution in [2.24, 2.45) is 5.92 Å². The SMILES string of the molecule is Cc1cc(NS(=O)(=O)c2ccc(NC(=O)c3ccccc3OCC(C)C)cc2)no1. The lowest BCUT2D eigenvalue weighted by molar-refractivity contribution is 0.102. The highest BCUT2D eigenvalue weighted by atomic mass is 32.2. The van der Waals surface area contributed by atoms with Gasteiger partial charge in [-0.15, -0.1) is 0 Å². The first-order valence-corrected chi connectivity index (χ1v) is 10.8. The maximum absolute atomic E-state index is 12.7. The third-order valence-corrected chi connectivity index (χ3v) is 5.36. The third kappa shape index (κ3) is 5.38. The van der Waals surface area contributed by atoms with Crippen LogP contribution in [-0.2, 0) is 10.0 Å². The monoisotopic (exact) mass is 429 g/mol. The van der Waals surface area contributed by atoms with Crippen molar-refractivity contribution in [1.29, 1.82) is 0 Å². The topological polar surface area (TPSA) is 111 Å². The van der Waals surface area contributed by atoms with Crippen molar-refractivity contribution in [3.05, 3.63) is 65.9 Å². The number of hydrogen-bond acceptors (Lipinski definition) is 6. The lowest BCUT2D eigenvalue weighted by atomic mass is 10.1. The minimum Gasteiger partial charge on any atom is -0.492 e. The molecular formula is C21H23N3O5S. The molecule has 0 fully saturated rings. The van der Waals surface area contributed by atoms with E-state index in [1.807, 2.05) is 13.8 Å². The van der Waals surface area contributed by atoms with E-state index < -0.39 is 10.0 Å². The number of carbonyl (C=O) groups is 1. The fraction of sp³-hybridized carbons (Fsp3) is 0.238. The average Bonchev–Trinajstić information content (AvgIpc) is 3.10. The van der Waals surface area contributed by atoms with E-state index in [0.717, 1.165) is 0 Å². The van der Waals surface area contributed by atoms with Crippen LogP contribution in [0.25, 0.3) is 0 Å². The largest absolute Gasteiger partial charge is 0.492 e. The van der Waals surface area contributed by atoms with E-state index in [1.54, 1.807) is 31.2 Å². The highest BCUT2D eigenvalue weighted by Crippen LogP contribution is 2.22. The molecule has 0 spiro atoms. The summed E-state index contributed by atoms with van der Waals surface area (Å²) >= 11 is 0. The quantitative estimate of drug-likeness (QED) is 0.558. The van der Waals surface area contributed by atoms with Crippen LogP contribution < -0.4 is 14.8 Å². The van der Waals surface area contributed by atoms with Crippen LogP contribution in [0.15, 0.2) is 64.0 Å². The molecule has 2 aromatic carbocycles. The summed E-state index contributed by atoms with van der Waals surface area (Å²) in [7, 11) is -3.82. The lowest BCUT2D eigenvalue weighted by Crippen LogP contribution is -2.15. The van der Waals surface area contributed by atoms with Gasteiger partial charge in [0.25, 0.3) is 15.9 Å². The molecule has 0 saturated carbocycles. The number of sulfonamides is 1. The Kier molecular flexibility index (Phi) is 6.41. The zero-order valence-corrected chi connectivity index (χ0v) is 17.7. The van der Waals surface area contributed by atoms with Crippen molar-refractivity contribution >= 4 is 27.4 Å². The Balaban J connectivity index is 1.71. The second-order valence-electron chi connectivity index (χ2n) is 7.11. The van der Waals surface area contributed by atoms with Gasteiger partial charge in [0.2, 0.25) is 0 Å². The second kappa shape index (κ2) is 9.00. The Morgan fingerprint density at radius 3 is 2.47 bits per heavy atom. The number of amides is 1. The van der Waals surface area contributed by atoms with Gasteiger partial charge in [0.1, 0.15) is 11.5 Å². The molecule has 158 valence electrons. The van der Waals surface area contributed by atoms with Crippen LogP contribution in [0.2, 0.25) is 0 Å². The van der Waals surface area contributed by atoms with Crippen molar-refractivity contribution in [3.63, 3.8) is 0 Å². The van der Waals surface area contributed by atoms with Gasteiger partial charge in [-0.1, -0.05) is 31.1 Å². The molecule has 0 aliphatic carbocycles. The number of para-hydroxylation sites is 1. The predicted molar refractivity (Wildman–Crippen MR) is 113 cm³/mol. The van der Waals surface area contributed by atoms with Crippen LogP contribution in [-0.4, -0.2) is 26.1 Å². The second-order valence-corrected chi connectivity index (χ2v) is 8.79. The smallest absolute Gasteiger partial charge is 0.263 e. The summed E-state index contributed by atoms with van der Waals surface area (Å²) in [5.41, 5.74) is 0.854. The summed E-state index contributed by atoms with van der Waals surface area (Å²) in [6, 6.07) is 14.3. The summed E-state index contributed by atoms with van der Waals surface area (Å²) in [6.07, 6.45) is 0. The summed E-state index contributed by atoms with van der Waals surface area (Å²) in [5, 5.41) is 6.37. The molecule has 0 aliphatic rings. The summed E-state index contributed by atoms with van der Waals surface area (Å²) in [6.45, 7) is 6.21. The van der Waals surface area contributed by atoms with Crippen LogP contribution in [0, 0.1) is 12.8 Å². The number of carbonyl (C=O) groups excluding carboxylic acids is 1. The Bertz CT molecular complexity index is 1120. The molecule has 3 rings (SSSR count). The lowest BCUT2D eigenvalue weighted by Gasteiger charge is -2.13. The van der Waals surface area contributed by atoms with E-state index in [2.05, 4.69) is 15.2 Å². The molecule has 1 amide bonds. The third-order valence-electron chi connectivity index (χ3n) is 3.99. The standard InChI is InChI=1S/C21H23N3O5S/c1-14(2)13-28-19-7-5-4-6-18(19)21(25)22-16-8-10-17(11-9-16)30(26,27)24-20-12-15(3)29-23-20/h4-12,14H,13H2,1-3H3,(H,22,25)(H,23,24). The number of anilines is 2. The number of nitrogens with one attached hydrogen (secondary N) is 2. The van der Waals surface area contributed by atoms with Gasteiger partial charge >= 0.3 is 0 Å². The molecule has 1 heterocycles. The fourth-order valence-electron chi connectivity index (χ4n) is 2.56. The number of aromatic nitrogens is 1. The van der Waals surface area contributed by atoms with E-state index in [-0.39, 0.29) is 16.6 Å². The molecule has 0 aliphatic heterocycles. The zero-order valence-electron chi connectivity index (χ0n) is 16.9. The van der Waals surface area contributed by atoms with E-state index >= 15 is 0 Å². The molecule has 30 heavy (non-hydrogen) atoms. The van der Waals surface area contributed by atoms with Crippen molar-refractivity contribution in [1.82, 2.24) is 5.16 Å². The molecule has 3 aromatic rings. The van der Waals surface area contributed by atoms with Gasteiger partial charge in [-0.3, -0.25) is 9.52 Å². The molecule has 8 nitrogen and oxygen atoms in total. The molecular weight excluding hydrogens is 406 g/mol. The van der Waals surface area contributed by atoms with Crippen molar-refractivity contribution in [2.45, 2.75) is 25.7 Å². The molecule has 0 saturated heterocycles. The maximum Gasteiger partial charge on any atom is 0.263 e. The first-order valence-electron chi connectivity index (χ1n) is 9.34. The minimum absolute atomic E-state index is 0.0295. The van der Waals surface area contributed by atoms with Crippen LogP contribution in [0.5, 0.6) is 5.75 Å². The Morgan fingerprint density at radius 1 is 1.13 bits per heavy atom. The van der Waals surface area contributed by atoms with Crippen LogP contribution >= 0.6 is 0 Å². The van der Waals surface area contributed by atoms with Crippen LogP contribution in [0.4, 0.5) is 11.5 Å². The number of ether oxygens (including phenoxy) is 1. The predicted octanol–water partition coefficient (Wildman–Crippen LogP) is 4.07. The first-order chi connectivity index (χ1) is 14.2. The van der Waals surface area contributed by atoms with Crippen LogP contribution in [0.3, 0.4) is 0 Å². The molecule has 0 bridgehead atoms. The number of aryl methyl sites for hydroxylation is 1. The molecule has 0 radical (unpaired) electrons. The molecule has 9 heteroatoms. The van der Waals surface area contributed by atoms with Gasteiger partial charge in [-0.2, -0.15) is 0 Å².